The summed E-state index contributed by atoms with van der Waals surface area (Å²) in [5.41, 5.74) is 8.88. The van der Waals surface area contributed by atoms with Crippen molar-refractivity contribution in [2.45, 2.75) is 146 Å². The molecule has 2 aliphatic carbocycles. The minimum absolute atomic E-state index is 0.0570. The monoisotopic (exact) mass is 981 g/mol. The van der Waals surface area contributed by atoms with E-state index in [0.29, 0.717) is 24.7 Å². The van der Waals surface area contributed by atoms with Gasteiger partial charge in [-0.1, -0.05) is 62.4 Å². The van der Waals surface area contributed by atoms with Gasteiger partial charge in [0.25, 0.3) is 0 Å². The maximum Gasteiger partial charge on any atom is 0.407 e. The number of methoxy groups -OCH3 is 2. The Bertz CT molecular complexity index is 2420. The number of ether oxygens (including phenoxy) is 2. The molecule has 4 amide bonds. The van der Waals surface area contributed by atoms with E-state index >= 15 is 0 Å². The highest BCUT2D eigenvalue weighted by atomic mass is 32.2. The second kappa shape index (κ2) is 23.3. The first-order valence-electron chi connectivity index (χ1n) is 25.2. The molecule has 4 fully saturated rings. The zero-order chi connectivity index (χ0) is 48.6. The molecule has 16 heteroatoms. The van der Waals surface area contributed by atoms with E-state index in [1.807, 2.05) is 24.9 Å². The Hall–Kier alpha value is -4.96. The molecule has 2 saturated heterocycles. The van der Waals surface area contributed by atoms with Crippen molar-refractivity contribution < 1.29 is 28.7 Å². The normalized spacial score (nSPS) is 22.9. The van der Waals surface area contributed by atoms with Gasteiger partial charge in [0.1, 0.15) is 23.7 Å². The Morgan fingerprint density at radius 2 is 1.19 bits per heavy atom. The molecule has 2 aromatic heterocycles. The highest BCUT2D eigenvalue weighted by molar-refractivity contribution is 7.98. The number of aromatic amines is 2. The summed E-state index contributed by atoms with van der Waals surface area (Å²) in [6, 6.07) is 11.8. The van der Waals surface area contributed by atoms with Gasteiger partial charge in [0.15, 0.2) is 0 Å². The fourth-order valence-electron chi connectivity index (χ4n) is 11.9. The third-order valence-electron chi connectivity index (χ3n) is 15.4. The molecule has 2 aliphatic heterocycles. The molecule has 8 rings (SSSR count). The molecule has 4 aromatic rings. The first-order valence-corrected chi connectivity index (χ1v) is 28.0. The number of hydrogen-bond donors (Lipinski definition) is 4. The average Bonchev–Trinajstić information content (AvgIpc) is 4.20. The number of benzene rings is 2. The van der Waals surface area contributed by atoms with Gasteiger partial charge < -0.3 is 39.9 Å². The van der Waals surface area contributed by atoms with Crippen LogP contribution in [-0.2, 0) is 38.3 Å². The van der Waals surface area contributed by atoms with Crippen LogP contribution in [0.2, 0.25) is 0 Å². The van der Waals surface area contributed by atoms with Gasteiger partial charge in [0.2, 0.25) is 11.8 Å². The van der Waals surface area contributed by atoms with E-state index in [2.05, 4.69) is 80.6 Å². The van der Waals surface area contributed by atoms with Crippen molar-refractivity contribution in [1.82, 2.24) is 40.4 Å². The smallest absolute Gasteiger partial charge is 0.407 e. The molecule has 0 spiro atoms. The van der Waals surface area contributed by atoms with Crippen LogP contribution in [0.4, 0.5) is 9.59 Å². The number of imidazole rings is 2. The van der Waals surface area contributed by atoms with Gasteiger partial charge in [0.05, 0.1) is 50.1 Å². The third-order valence-corrected chi connectivity index (χ3v) is 16.7. The molecule has 372 valence electrons. The molecule has 8 atom stereocenters. The average molecular weight is 981 g/mol. The number of H-pyrrole nitrogens is 2. The minimum Gasteiger partial charge on any atom is -0.453 e. The van der Waals surface area contributed by atoms with E-state index in [0.717, 1.165) is 135 Å². The van der Waals surface area contributed by atoms with Crippen molar-refractivity contribution in [2.75, 3.05) is 38.2 Å². The van der Waals surface area contributed by atoms with E-state index < -0.39 is 24.3 Å². The number of nitrogens with zero attached hydrogens (tertiary/aromatic N) is 4. The van der Waals surface area contributed by atoms with Crippen LogP contribution in [0, 0.1) is 18.8 Å². The highest BCUT2D eigenvalue weighted by Gasteiger charge is 2.49. The Morgan fingerprint density at radius 3 is 1.68 bits per heavy atom. The number of aromatic nitrogens is 4. The first kappa shape index (κ1) is 50.4. The predicted molar refractivity (Wildman–Crippen MR) is 274 cm³/mol. The van der Waals surface area contributed by atoms with Crippen LogP contribution in [0.25, 0.3) is 22.5 Å². The number of nitrogens with one attached hydrogen (secondary N) is 4. The highest BCUT2D eigenvalue weighted by Crippen LogP contribution is 2.48. The zero-order valence-corrected chi connectivity index (χ0v) is 42.9. The van der Waals surface area contributed by atoms with Crippen LogP contribution in [-0.4, -0.2) is 116 Å². The van der Waals surface area contributed by atoms with E-state index in [4.69, 9.17) is 19.4 Å². The van der Waals surface area contributed by atoms with Gasteiger partial charge in [-0.15, -0.1) is 0 Å². The van der Waals surface area contributed by atoms with E-state index in [-0.39, 0.29) is 36.0 Å². The van der Waals surface area contributed by atoms with E-state index in [1.165, 1.54) is 30.9 Å². The largest absolute Gasteiger partial charge is 0.453 e. The Kier molecular flexibility index (Phi) is 17.0. The van der Waals surface area contributed by atoms with Crippen molar-refractivity contribution in [2.24, 2.45) is 11.8 Å². The lowest BCUT2D eigenvalue weighted by molar-refractivity contribution is -0.138. The lowest BCUT2D eigenvalue weighted by atomic mass is 9.84. The molecule has 2 aromatic carbocycles. The number of amides is 4. The Labute approximate surface area is 416 Å². The van der Waals surface area contributed by atoms with Gasteiger partial charge in [-0.05, 0) is 142 Å². The number of carbonyl (C=O) groups is 4. The van der Waals surface area contributed by atoms with Crippen molar-refractivity contribution in [3.63, 3.8) is 0 Å². The number of likely N-dealkylation sites (tertiary alicyclic amines) is 2. The SMILES string of the molecule is CCc1ccc(CCc2ccc(C)cc2-c2cnc([C@@H]3CC4CCCCC4N3C(=O)[C@H](CCSC)NC(=O)OC)[nH]2)cc1-c1cnc([C@@H]2CC3CCCCC3N2C(=O)[C@H](CCSC)NC(=O)OC)[nH]1. The molecular weight excluding hydrogens is 909 g/mol. The van der Waals surface area contributed by atoms with Crippen LogP contribution in [0.3, 0.4) is 0 Å². The summed E-state index contributed by atoms with van der Waals surface area (Å²) in [4.78, 5) is 75.4. The van der Waals surface area contributed by atoms with E-state index in [9.17, 15) is 19.2 Å². The number of aryl methyl sites for hydroxylation is 4. The topological polar surface area (TPSA) is 175 Å². The molecule has 0 bridgehead atoms. The Morgan fingerprint density at radius 1 is 0.696 bits per heavy atom. The number of thioether (sulfide) groups is 2. The van der Waals surface area contributed by atoms with Crippen molar-refractivity contribution >= 4 is 47.5 Å². The maximum atomic E-state index is 14.5. The van der Waals surface area contributed by atoms with E-state index in [1.54, 1.807) is 23.5 Å². The van der Waals surface area contributed by atoms with Crippen LogP contribution >= 0.6 is 23.5 Å². The summed E-state index contributed by atoms with van der Waals surface area (Å²) in [7, 11) is 2.67. The van der Waals surface area contributed by atoms with Crippen LogP contribution in [0.5, 0.6) is 0 Å². The van der Waals surface area contributed by atoms with Crippen molar-refractivity contribution in [3.8, 4) is 22.5 Å². The molecule has 4 heterocycles. The Balaban J connectivity index is 1.02. The molecule has 4 unspecified atom stereocenters. The standard InChI is InChI=1S/C53H72N8O6S2/c1-7-34-20-17-33(27-39(34)43-31-55-49(57-43)47-29-37-13-9-11-15-45(37)61(47)51(63)41(23-25-69-6)59-53(65)67-4)18-21-35-19-16-32(2)26-38(35)42-30-54-48(56-42)46-28-36-12-8-10-14-44(36)60(46)50(62)40(22-24-68-5)58-52(64)66-3/h16-17,19-20,26-27,30-31,36-37,40-41,44-47H,7-15,18,21-25,28-29H2,1-6H3,(H,54,56)(H,55,57)(H,58,64)(H,59,65)/t36?,37?,40-,41-,44?,45?,46-,47-/m0/s1. The van der Waals surface area contributed by atoms with Crippen LogP contribution in [0.1, 0.15) is 130 Å². The fraction of sp³-hybridized carbons (Fsp3) is 0.585. The summed E-state index contributed by atoms with van der Waals surface area (Å²) in [5, 5.41) is 5.70. The quantitative estimate of drug-likeness (QED) is 0.0752. The van der Waals surface area contributed by atoms with Crippen molar-refractivity contribution in [3.05, 3.63) is 82.7 Å². The number of alkyl carbamates (subject to hydrolysis) is 2. The maximum absolute atomic E-state index is 14.5. The zero-order valence-electron chi connectivity index (χ0n) is 41.3. The van der Waals surface area contributed by atoms with Gasteiger partial charge in [0, 0.05) is 23.2 Å². The van der Waals surface area contributed by atoms with Crippen LogP contribution < -0.4 is 10.6 Å². The van der Waals surface area contributed by atoms with Gasteiger partial charge >= 0.3 is 12.2 Å². The van der Waals surface area contributed by atoms with Crippen molar-refractivity contribution in [1.29, 1.82) is 0 Å². The summed E-state index contributed by atoms with van der Waals surface area (Å²) < 4.78 is 9.89. The predicted octanol–water partition coefficient (Wildman–Crippen LogP) is 9.74. The first-order chi connectivity index (χ1) is 33.5. The lowest BCUT2D eigenvalue weighted by Gasteiger charge is -2.36. The number of rotatable bonds is 18. The van der Waals surface area contributed by atoms with Gasteiger partial charge in [-0.25, -0.2) is 19.6 Å². The number of hydrogen-bond acceptors (Lipinski definition) is 10. The minimum atomic E-state index is -0.670. The van der Waals surface area contributed by atoms with Crippen LogP contribution in [0.15, 0.2) is 48.8 Å². The van der Waals surface area contributed by atoms with Gasteiger partial charge in [-0.2, -0.15) is 23.5 Å². The molecular formula is C53H72N8O6S2. The molecule has 0 radical (unpaired) electrons. The van der Waals surface area contributed by atoms with Gasteiger partial charge in [-0.3, -0.25) is 9.59 Å². The second-order valence-corrected chi connectivity index (χ2v) is 21.5. The molecule has 4 N–H and O–H groups in total. The third kappa shape index (κ3) is 11.3. The molecule has 14 nitrogen and oxygen atoms in total. The summed E-state index contributed by atoms with van der Waals surface area (Å²) >= 11 is 3.31. The second-order valence-electron chi connectivity index (χ2n) is 19.5. The number of carbonyl (C=O) groups excluding carboxylic acids is 4. The molecule has 69 heavy (non-hydrogen) atoms. The summed E-state index contributed by atoms with van der Waals surface area (Å²) in [5.74, 6) is 3.73. The molecule has 2 saturated carbocycles. The summed E-state index contributed by atoms with van der Waals surface area (Å²) in [6.45, 7) is 4.29. The summed E-state index contributed by atoms with van der Waals surface area (Å²) in [6.07, 6.45) is 20.5. The number of fused-ring (bicyclic) bond motifs is 2. The lowest BCUT2D eigenvalue weighted by Crippen LogP contribution is -2.52. The molecule has 4 aliphatic rings. The fourth-order valence-corrected chi connectivity index (χ4v) is 12.8.